The molecule has 0 atom stereocenters. The molecule has 0 saturated heterocycles. The summed E-state index contributed by atoms with van der Waals surface area (Å²) in [4.78, 5) is 3.87. The van der Waals surface area contributed by atoms with Crippen LogP contribution in [0.2, 0.25) is 0 Å². The Bertz CT molecular complexity index is 793. The Hall–Kier alpha value is -2.23. The molecule has 22 heavy (non-hydrogen) atoms. The Kier molecular flexibility index (Phi) is 4.91. The van der Waals surface area contributed by atoms with Gasteiger partial charge in [-0.05, 0) is 18.6 Å². The molecule has 0 radical (unpaired) electrons. The normalized spacial score (nSPS) is 11.4. The highest BCUT2D eigenvalue weighted by atomic mass is 32.2. The van der Waals surface area contributed by atoms with Crippen molar-refractivity contribution in [1.29, 1.82) is 5.26 Å². The van der Waals surface area contributed by atoms with Crippen molar-refractivity contribution < 1.29 is 8.42 Å². The molecule has 2 aromatic rings. The highest BCUT2D eigenvalue weighted by Crippen LogP contribution is 2.18. The molecule has 1 aromatic carbocycles. The van der Waals surface area contributed by atoms with Gasteiger partial charge >= 0.3 is 0 Å². The quantitative estimate of drug-likeness (QED) is 0.849. The molecule has 0 unspecified atom stereocenters. The van der Waals surface area contributed by atoms with Crippen LogP contribution < -0.4 is 0 Å². The summed E-state index contributed by atoms with van der Waals surface area (Å²) in [6, 6.07) is 11.0. The van der Waals surface area contributed by atoms with Crippen molar-refractivity contribution in [3.05, 3.63) is 59.4 Å². The van der Waals surface area contributed by atoms with E-state index in [1.165, 1.54) is 22.8 Å². The van der Waals surface area contributed by atoms with E-state index in [1.54, 1.807) is 6.92 Å². The molecule has 0 spiro atoms. The highest BCUT2D eigenvalue weighted by Gasteiger charge is 2.24. The van der Waals surface area contributed by atoms with Gasteiger partial charge in [-0.3, -0.25) is 4.98 Å². The first kappa shape index (κ1) is 16.1. The second-order valence-corrected chi connectivity index (χ2v) is 6.88. The highest BCUT2D eigenvalue weighted by molar-refractivity contribution is 7.89. The number of rotatable bonds is 5. The lowest BCUT2D eigenvalue weighted by Gasteiger charge is -2.20. The molecule has 1 aromatic heterocycles. The van der Waals surface area contributed by atoms with Crippen molar-refractivity contribution in [2.45, 2.75) is 25.3 Å². The second-order valence-electron chi connectivity index (χ2n) is 4.94. The maximum absolute atomic E-state index is 12.7. The van der Waals surface area contributed by atoms with Crippen LogP contribution in [0.15, 0.2) is 47.6 Å². The van der Waals surface area contributed by atoms with Crippen LogP contribution in [-0.4, -0.2) is 24.3 Å². The molecule has 0 fully saturated rings. The summed E-state index contributed by atoms with van der Waals surface area (Å²) in [5.41, 5.74) is 2.27. The van der Waals surface area contributed by atoms with Gasteiger partial charge in [-0.2, -0.15) is 9.57 Å². The Labute approximate surface area is 130 Å². The van der Waals surface area contributed by atoms with Crippen LogP contribution in [0.3, 0.4) is 0 Å². The standard InChI is InChI=1S/C16H17N3O2S/c1-3-19(12-14-6-4-13(2)5-7-14)22(20,21)16-8-15(9-17)10-18-11-16/h4-8,10-11H,3,12H2,1-2H3. The average molecular weight is 315 g/mol. The molecule has 1 heterocycles. The number of nitriles is 1. The van der Waals surface area contributed by atoms with E-state index in [0.29, 0.717) is 6.54 Å². The van der Waals surface area contributed by atoms with Crippen molar-refractivity contribution in [1.82, 2.24) is 9.29 Å². The molecule has 2 rings (SSSR count). The predicted molar refractivity (Wildman–Crippen MR) is 83.4 cm³/mol. The van der Waals surface area contributed by atoms with Gasteiger partial charge in [0.2, 0.25) is 10.0 Å². The summed E-state index contributed by atoms with van der Waals surface area (Å²) < 4.78 is 26.7. The molecule has 5 nitrogen and oxygen atoms in total. The van der Waals surface area contributed by atoms with E-state index in [9.17, 15) is 8.42 Å². The zero-order chi connectivity index (χ0) is 16.2. The summed E-state index contributed by atoms with van der Waals surface area (Å²) in [7, 11) is -3.67. The van der Waals surface area contributed by atoms with E-state index in [4.69, 9.17) is 5.26 Å². The Morgan fingerprint density at radius 2 is 1.91 bits per heavy atom. The summed E-state index contributed by atoms with van der Waals surface area (Å²) >= 11 is 0. The number of hydrogen-bond donors (Lipinski definition) is 0. The van der Waals surface area contributed by atoms with Gasteiger partial charge in [0.05, 0.1) is 5.56 Å². The molecule has 0 bridgehead atoms. The molecule has 6 heteroatoms. The van der Waals surface area contributed by atoms with Crippen LogP contribution in [0.1, 0.15) is 23.6 Å². The third kappa shape index (κ3) is 3.50. The fourth-order valence-corrected chi connectivity index (χ4v) is 3.46. The number of sulfonamides is 1. The van der Waals surface area contributed by atoms with Crippen LogP contribution in [0, 0.1) is 18.3 Å². The fourth-order valence-electron chi connectivity index (χ4n) is 2.03. The van der Waals surface area contributed by atoms with Gasteiger partial charge in [-0.1, -0.05) is 36.8 Å². The van der Waals surface area contributed by atoms with Gasteiger partial charge in [0, 0.05) is 25.5 Å². The van der Waals surface area contributed by atoms with Crippen molar-refractivity contribution in [3.63, 3.8) is 0 Å². The van der Waals surface area contributed by atoms with Crippen molar-refractivity contribution in [3.8, 4) is 6.07 Å². The minimum absolute atomic E-state index is 0.0421. The van der Waals surface area contributed by atoms with Gasteiger partial charge in [-0.15, -0.1) is 0 Å². The lowest BCUT2D eigenvalue weighted by atomic mass is 10.1. The number of nitrogens with zero attached hydrogens (tertiary/aromatic N) is 3. The van der Waals surface area contributed by atoms with Crippen molar-refractivity contribution >= 4 is 10.0 Å². The topological polar surface area (TPSA) is 74.1 Å². The molecule has 0 amide bonds. The number of benzene rings is 1. The molecule has 0 aliphatic heterocycles. The maximum Gasteiger partial charge on any atom is 0.244 e. The number of aryl methyl sites for hydroxylation is 1. The minimum atomic E-state index is -3.67. The minimum Gasteiger partial charge on any atom is -0.262 e. The molecule has 0 N–H and O–H groups in total. The third-order valence-electron chi connectivity index (χ3n) is 3.31. The molecule has 0 aliphatic rings. The van der Waals surface area contributed by atoms with Gasteiger partial charge in [0.15, 0.2) is 0 Å². The van der Waals surface area contributed by atoms with Gasteiger partial charge in [0.1, 0.15) is 11.0 Å². The third-order valence-corrected chi connectivity index (χ3v) is 5.20. The zero-order valence-electron chi connectivity index (χ0n) is 12.5. The maximum atomic E-state index is 12.7. The molecular weight excluding hydrogens is 298 g/mol. The largest absolute Gasteiger partial charge is 0.262 e. The Morgan fingerprint density at radius 3 is 2.50 bits per heavy atom. The van der Waals surface area contributed by atoms with Crippen LogP contribution >= 0.6 is 0 Å². The Morgan fingerprint density at radius 1 is 1.23 bits per heavy atom. The SMILES string of the molecule is CCN(Cc1ccc(C)cc1)S(=O)(=O)c1cncc(C#N)c1. The number of hydrogen-bond acceptors (Lipinski definition) is 4. The van der Waals surface area contributed by atoms with Gasteiger partial charge < -0.3 is 0 Å². The molecular formula is C16H17N3O2S. The summed E-state index contributed by atoms with van der Waals surface area (Å²) in [5, 5.41) is 8.89. The summed E-state index contributed by atoms with van der Waals surface area (Å²) in [5.74, 6) is 0. The zero-order valence-corrected chi connectivity index (χ0v) is 13.3. The van der Waals surface area contributed by atoms with Crippen molar-refractivity contribution in [2.75, 3.05) is 6.54 Å². The van der Waals surface area contributed by atoms with E-state index in [2.05, 4.69) is 4.98 Å². The molecule has 0 aliphatic carbocycles. The predicted octanol–water partition coefficient (Wildman–Crippen LogP) is 2.47. The fraction of sp³-hybridized carbons (Fsp3) is 0.250. The van der Waals surface area contributed by atoms with Crippen LogP contribution in [0.5, 0.6) is 0 Å². The summed E-state index contributed by atoms with van der Waals surface area (Å²) in [6.07, 6.45) is 2.61. The van der Waals surface area contributed by atoms with E-state index >= 15 is 0 Å². The number of pyridine rings is 1. The number of aromatic nitrogens is 1. The lowest BCUT2D eigenvalue weighted by Crippen LogP contribution is -2.30. The van der Waals surface area contributed by atoms with E-state index in [1.807, 2.05) is 37.3 Å². The first-order valence-corrected chi connectivity index (χ1v) is 8.32. The van der Waals surface area contributed by atoms with Gasteiger partial charge in [0.25, 0.3) is 0 Å². The van der Waals surface area contributed by atoms with Crippen LogP contribution in [-0.2, 0) is 16.6 Å². The van der Waals surface area contributed by atoms with E-state index < -0.39 is 10.0 Å². The van der Waals surface area contributed by atoms with Gasteiger partial charge in [-0.25, -0.2) is 8.42 Å². The molecule has 0 saturated carbocycles. The van der Waals surface area contributed by atoms with E-state index in [-0.39, 0.29) is 17.0 Å². The van der Waals surface area contributed by atoms with Crippen LogP contribution in [0.25, 0.3) is 0 Å². The van der Waals surface area contributed by atoms with Crippen LogP contribution in [0.4, 0.5) is 0 Å². The van der Waals surface area contributed by atoms with E-state index in [0.717, 1.165) is 11.1 Å². The smallest absolute Gasteiger partial charge is 0.244 e. The first-order valence-electron chi connectivity index (χ1n) is 6.88. The monoisotopic (exact) mass is 315 g/mol. The average Bonchev–Trinajstić information content (AvgIpc) is 2.54. The molecule has 114 valence electrons. The first-order chi connectivity index (χ1) is 10.5. The second kappa shape index (κ2) is 6.69. The Balaban J connectivity index is 2.32. The lowest BCUT2D eigenvalue weighted by molar-refractivity contribution is 0.423. The summed E-state index contributed by atoms with van der Waals surface area (Å²) in [6.45, 7) is 4.40. The van der Waals surface area contributed by atoms with Crippen molar-refractivity contribution in [2.24, 2.45) is 0 Å².